The van der Waals surface area contributed by atoms with Gasteiger partial charge >= 0.3 is 0 Å². The van der Waals surface area contributed by atoms with E-state index >= 15 is 0 Å². The van der Waals surface area contributed by atoms with E-state index in [4.69, 9.17) is 0 Å². The minimum Gasteiger partial charge on any atom is -0.354 e. The van der Waals surface area contributed by atoms with Crippen molar-refractivity contribution >= 4 is 38.5 Å². The van der Waals surface area contributed by atoms with Gasteiger partial charge in [0, 0.05) is 6.54 Å². The first-order chi connectivity index (χ1) is 12.9. The van der Waals surface area contributed by atoms with Crippen LogP contribution in [0.5, 0.6) is 0 Å². The van der Waals surface area contributed by atoms with Gasteiger partial charge in [-0.2, -0.15) is 16.5 Å². The van der Waals surface area contributed by atoms with Gasteiger partial charge in [-0.05, 0) is 52.7 Å². The summed E-state index contributed by atoms with van der Waals surface area (Å²) in [6.45, 7) is 4.30. The summed E-state index contributed by atoms with van der Waals surface area (Å²) in [6, 6.07) is 11.8. The summed E-state index contributed by atoms with van der Waals surface area (Å²) >= 11 is 1.89. The average Bonchev–Trinajstić information content (AvgIpc) is 3.17. The fourth-order valence-electron chi connectivity index (χ4n) is 3.16. The van der Waals surface area contributed by atoms with Crippen molar-refractivity contribution in [3.63, 3.8) is 0 Å². The second-order valence-electron chi connectivity index (χ2n) is 7.33. The van der Waals surface area contributed by atoms with Crippen LogP contribution in [-0.2, 0) is 14.8 Å². The lowest BCUT2D eigenvalue weighted by Gasteiger charge is -2.22. The standard InChI is InChI=1S/C20H26N2O3S2/c1-14(2)19(20(23)21-12-15-9-10-26-13-15)22-27(24,25)18-8-7-16-5-3-4-6-17(16)11-18/h3-8,11,14-15,19,22H,9-10,12-13H2,1-2H3,(H,21,23)/t15-,19+/m0/s1. The molecule has 27 heavy (non-hydrogen) atoms. The normalized spacial score (nSPS) is 18.7. The number of rotatable bonds is 7. The van der Waals surface area contributed by atoms with E-state index in [9.17, 15) is 13.2 Å². The number of hydrogen-bond donors (Lipinski definition) is 2. The molecule has 1 aliphatic heterocycles. The molecule has 0 bridgehead atoms. The van der Waals surface area contributed by atoms with E-state index in [1.165, 1.54) is 0 Å². The molecule has 0 aromatic heterocycles. The molecule has 146 valence electrons. The van der Waals surface area contributed by atoms with Gasteiger partial charge in [-0.1, -0.05) is 44.2 Å². The Morgan fingerprint density at radius 3 is 2.59 bits per heavy atom. The van der Waals surface area contributed by atoms with Crippen molar-refractivity contribution in [1.82, 2.24) is 10.0 Å². The predicted octanol–water partition coefficient (Wildman–Crippen LogP) is 3.01. The summed E-state index contributed by atoms with van der Waals surface area (Å²) in [6.07, 6.45) is 1.10. The molecule has 2 aromatic rings. The molecule has 5 nitrogen and oxygen atoms in total. The van der Waals surface area contributed by atoms with Gasteiger partial charge in [0.1, 0.15) is 6.04 Å². The topological polar surface area (TPSA) is 75.3 Å². The van der Waals surface area contributed by atoms with Gasteiger partial charge in [0.15, 0.2) is 0 Å². The Kier molecular flexibility index (Phi) is 6.44. The summed E-state index contributed by atoms with van der Waals surface area (Å²) in [4.78, 5) is 12.8. The maximum atomic E-state index is 12.9. The lowest BCUT2D eigenvalue weighted by atomic mass is 10.0. The van der Waals surface area contributed by atoms with E-state index < -0.39 is 16.1 Å². The summed E-state index contributed by atoms with van der Waals surface area (Å²) < 4.78 is 28.3. The number of benzene rings is 2. The Morgan fingerprint density at radius 2 is 1.93 bits per heavy atom. The van der Waals surface area contributed by atoms with Gasteiger partial charge in [-0.15, -0.1) is 0 Å². The van der Waals surface area contributed by atoms with Crippen molar-refractivity contribution in [2.24, 2.45) is 11.8 Å². The van der Waals surface area contributed by atoms with E-state index in [0.717, 1.165) is 28.7 Å². The Morgan fingerprint density at radius 1 is 1.19 bits per heavy atom. The first-order valence-corrected chi connectivity index (χ1v) is 11.9. The summed E-state index contributed by atoms with van der Waals surface area (Å²) in [5.74, 6) is 2.24. The Bertz CT molecular complexity index is 906. The van der Waals surface area contributed by atoms with Gasteiger partial charge in [-0.25, -0.2) is 8.42 Å². The number of carbonyl (C=O) groups is 1. The third kappa shape index (κ3) is 5.03. The van der Waals surface area contributed by atoms with Gasteiger partial charge in [0.25, 0.3) is 0 Å². The number of hydrogen-bond acceptors (Lipinski definition) is 4. The van der Waals surface area contributed by atoms with Crippen LogP contribution in [0.3, 0.4) is 0 Å². The van der Waals surface area contributed by atoms with Crippen molar-refractivity contribution in [1.29, 1.82) is 0 Å². The van der Waals surface area contributed by atoms with Crippen LogP contribution < -0.4 is 10.0 Å². The van der Waals surface area contributed by atoms with E-state index in [2.05, 4.69) is 10.0 Å². The molecular formula is C20H26N2O3S2. The van der Waals surface area contributed by atoms with Crippen molar-refractivity contribution in [3.05, 3.63) is 42.5 Å². The van der Waals surface area contributed by atoms with E-state index in [0.29, 0.717) is 12.5 Å². The average molecular weight is 407 g/mol. The third-order valence-corrected chi connectivity index (χ3v) is 7.52. The van der Waals surface area contributed by atoms with Crippen LogP contribution in [0.1, 0.15) is 20.3 Å². The highest BCUT2D eigenvalue weighted by atomic mass is 32.2. The zero-order valence-corrected chi connectivity index (χ0v) is 17.3. The molecule has 0 radical (unpaired) electrons. The number of fused-ring (bicyclic) bond motifs is 1. The third-order valence-electron chi connectivity index (χ3n) is 4.85. The maximum Gasteiger partial charge on any atom is 0.241 e. The number of nitrogens with one attached hydrogen (secondary N) is 2. The quantitative estimate of drug-likeness (QED) is 0.741. The molecule has 0 saturated carbocycles. The molecular weight excluding hydrogens is 380 g/mol. The molecule has 2 aromatic carbocycles. The first-order valence-electron chi connectivity index (χ1n) is 9.23. The van der Waals surface area contributed by atoms with Crippen molar-refractivity contribution < 1.29 is 13.2 Å². The lowest BCUT2D eigenvalue weighted by Crippen LogP contribution is -2.50. The summed E-state index contributed by atoms with van der Waals surface area (Å²) in [5, 5.41) is 4.76. The van der Waals surface area contributed by atoms with Crippen LogP contribution in [-0.4, -0.2) is 38.4 Å². The second-order valence-corrected chi connectivity index (χ2v) is 10.2. The molecule has 3 rings (SSSR count). The largest absolute Gasteiger partial charge is 0.354 e. The van der Waals surface area contributed by atoms with Gasteiger partial charge < -0.3 is 5.32 Å². The zero-order valence-electron chi connectivity index (χ0n) is 15.6. The van der Waals surface area contributed by atoms with E-state index in [1.54, 1.807) is 18.2 Å². The lowest BCUT2D eigenvalue weighted by molar-refractivity contribution is -0.123. The van der Waals surface area contributed by atoms with Gasteiger partial charge in [0.05, 0.1) is 4.90 Å². The highest BCUT2D eigenvalue weighted by Gasteiger charge is 2.29. The fourth-order valence-corrected chi connectivity index (χ4v) is 5.82. The maximum absolute atomic E-state index is 12.9. The number of carbonyl (C=O) groups excluding carboxylic acids is 1. The van der Waals surface area contributed by atoms with E-state index in [1.807, 2.05) is 49.9 Å². The molecule has 1 amide bonds. The monoisotopic (exact) mass is 406 g/mol. The molecule has 7 heteroatoms. The Hall–Kier alpha value is -1.57. The molecule has 1 fully saturated rings. The molecule has 0 aliphatic carbocycles. The summed E-state index contributed by atoms with van der Waals surface area (Å²) in [7, 11) is -3.79. The van der Waals surface area contributed by atoms with Crippen LogP contribution in [0.2, 0.25) is 0 Å². The molecule has 1 aliphatic rings. The number of amides is 1. The molecule has 0 spiro atoms. The molecule has 1 saturated heterocycles. The first kappa shape index (κ1) is 20.2. The van der Waals surface area contributed by atoms with Crippen LogP contribution in [0, 0.1) is 11.8 Å². The number of sulfonamides is 1. The van der Waals surface area contributed by atoms with E-state index in [-0.39, 0.29) is 16.7 Å². The molecule has 2 N–H and O–H groups in total. The highest BCUT2D eigenvalue weighted by molar-refractivity contribution is 7.99. The molecule has 0 unspecified atom stereocenters. The van der Waals surface area contributed by atoms with Crippen LogP contribution in [0.4, 0.5) is 0 Å². The minimum absolute atomic E-state index is 0.154. The predicted molar refractivity (Wildman–Crippen MR) is 111 cm³/mol. The molecule has 2 atom stereocenters. The highest BCUT2D eigenvalue weighted by Crippen LogP contribution is 2.23. The van der Waals surface area contributed by atoms with Gasteiger partial charge in [0.2, 0.25) is 15.9 Å². The summed E-state index contributed by atoms with van der Waals surface area (Å²) in [5.41, 5.74) is 0. The smallest absolute Gasteiger partial charge is 0.241 e. The van der Waals surface area contributed by atoms with Crippen LogP contribution in [0.15, 0.2) is 47.4 Å². The Labute approximate surface area is 165 Å². The number of thioether (sulfide) groups is 1. The molecule has 1 heterocycles. The SMILES string of the molecule is CC(C)[C@@H](NS(=O)(=O)c1ccc2ccccc2c1)C(=O)NC[C@@H]1CCSC1. The van der Waals surface area contributed by atoms with Crippen LogP contribution >= 0.6 is 11.8 Å². The Balaban J connectivity index is 1.74. The van der Waals surface area contributed by atoms with Crippen LogP contribution in [0.25, 0.3) is 10.8 Å². The van der Waals surface area contributed by atoms with Gasteiger partial charge in [-0.3, -0.25) is 4.79 Å². The van der Waals surface area contributed by atoms with Crippen molar-refractivity contribution in [2.75, 3.05) is 18.1 Å². The van der Waals surface area contributed by atoms with Crippen molar-refractivity contribution in [3.8, 4) is 0 Å². The van der Waals surface area contributed by atoms with Crippen molar-refractivity contribution in [2.45, 2.75) is 31.2 Å². The zero-order chi connectivity index (χ0) is 19.4. The minimum atomic E-state index is -3.79. The fraction of sp³-hybridized carbons (Fsp3) is 0.450. The second kappa shape index (κ2) is 8.63.